The summed E-state index contributed by atoms with van der Waals surface area (Å²) in [4.78, 5) is 0. The largest absolute Gasteiger partial charge is 1.00 e. The van der Waals surface area contributed by atoms with Crippen LogP contribution in [-0.4, -0.2) is 4.43 Å². The summed E-state index contributed by atoms with van der Waals surface area (Å²) in [5, 5.41) is 0. The molecule has 2 aromatic carbocycles. The van der Waals surface area contributed by atoms with Crippen molar-refractivity contribution in [3.05, 3.63) is 82.9 Å². The van der Waals surface area contributed by atoms with Crippen LogP contribution < -0.4 is 24.8 Å². The molecule has 2 aliphatic rings. The van der Waals surface area contributed by atoms with E-state index in [1.54, 1.807) is 11.1 Å². The summed E-state index contributed by atoms with van der Waals surface area (Å²) >= 11 is -1.99. The van der Waals surface area contributed by atoms with Crippen molar-refractivity contribution in [1.82, 2.24) is 0 Å². The Labute approximate surface area is 164 Å². The minimum Gasteiger partial charge on any atom is -1.00 e. The van der Waals surface area contributed by atoms with Gasteiger partial charge in [-0.3, -0.25) is 0 Å². The fourth-order valence-corrected chi connectivity index (χ4v) is 15.4. The van der Waals surface area contributed by atoms with E-state index in [0.29, 0.717) is 7.35 Å². The Bertz CT molecular complexity index is 747. The van der Waals surface area contributed by atoms with Crippen LogP contribution in [-0.2, 0) is 20.7 Å². The van der Waals surface area contributed by atoms with Crippen LogP contribution in [0, 0.1) is 0 Å². The van der Waals surface area contributed by atoms with Crippen molar-refractivity contribution in [2.24, 2.45) is 0 Å². The molecule has 0 heterocycles. The summed E-state index contributed by atoms with van der Waals surface area (Å²) in [6, 6.07) is 17.9. The Balaban J connectivity index is 0.00000104. The molecule has 0 fully saturated rings. The maximum absolute atomic E-state index is 2.72. The number of allylic oxidation sites excluding steroid dienone is 2. The van der Waals surface area contributed by atoms with Crippen molar-refractivity contribution in [2.75, 3.05) is 0 Å². The van der Waals surface area contributed by atoms with E-state index in [0.717, 1.165) is 0 Å². The molecule has 0 amide bonds. The van der Waals surface area contributed by atoms with E-state index in [1.165, 1.54) is 17.4 Å². The monoisotopic (exact) mass is 520 g/mol. The molecule has 0 spiro atoms. The van der Waals surface area contributed by atoms with Gasteiger partial charge in [-0.05, 0) is 0 Å². The first-order valence-electron chi connectivity index (χ1n) is 8.12. The van der Waals surface area contributed by atoms with E-state index >= 15 is 0 Å². The second-order valence-corrected chi connectivity index (χ2v) is 15.6. The molecule has 120 valence electrons. The minimum absolute atomic E-state index is 0. The fourth-order valence-electron chi connectivity index (χ4n) is 3.76. The molecule has 4 rings (SSSR count). The van der Waals surface area contributed by atoms with Gasteiger partial charge in [0, 0.05) is 0 Å². The second kappa shape index (κ2) is 8.69. The molecule has 2 unspecified atom stereocenters. The number of fused-ring (bicyclic) bond motifs is 2. The van der Waals surface area contributed by atoms with E-state index in [4.69, 9.17) is 0 Å². The van der Waals surface area contributed by atoms with E-state index in [-0.39, 0.29) is 24.8 Å². The molecule has 0 bridgehead atoms. The zero-order valence-corrected chi connectivity index (χ0v) is 18.7. The first-order chi connectivity index (χ1) is 10.9. The normalized spacial score (nSPS) is 18.5. The van der Waals surface area contributed by atoms with Gasteiger partial charge in [0.2, 0.25) is 0 Å². The van der Waals surface area contributed by atoms with Crippen LogP contribution in [0.5, 0.6) is 0 Å². The number of hydrogen-bond donors (Lipinski definition) is 0. The number of rotatable bonds is 3. The number of halogens is 2. The molecule has 0 nitrogen and oxygen atoms in total. The summed E-state index contributed by atoms with van der Waals surface area (Å²) in [6.45, 7) is 2.31. The Morgan fingerprint density at radius 2 is 1.25 bits per heavy atom. The van der Waals surface area contributed by atoms with Crippen molar-refractivity contribution in [1.29, 1.82) is 0 Å². The van der Waals surface area contributed by atoms with Crippen molar-refractivity contribution in [3.63, 3.8) is 0 Å². The molecule has 2 atom stereocenters. The van der Waals surface area contributed by atoms with E-state index in [1.807, 2.05) is 0 Å². The summed E-state index contributed by atoms with van der Waals surface area (Å²) in [5.74, 6) is 0. The Morgan fingerprint density at radius 1 is 0.792 bits per heavy atom. The molecule has 2 aliphatic carbocycles. The third-order valence-corrected chi connectivity index (χ3v) is 16.7. The Morgan fingerprint density at radius 3 is 1.71 bits per heavy atom. The van der Waals surface area contributed by atoms with Gasteiger partial charge in [-0.15, -0.1) is 0 Å². The van der Waals surface area contributed by atoms with Crippen molar-refractivity contribution >= 4 is 16.6 Å². The van der Waals surface area contributed by atoms with Crippen LogP contribution in [0.15, 0.2) is 60.7 Å². The Hall–Kier alpha value is -0.565. The maximum atomic E-state index is 2.72. The van der Waals surface area contributed by atoms with Crippen molar-refractivity contribution in [2.45, 2.75) is 20.6 Å². The number of hydrogen-bond acceptors (Lipinski definition) is 0. The number of benzene rings is 2. The molecule has 0 saturated heterocycles. The van der Waals surface area contributed by atoms with E-state index < -0.39 is 20.7 Å². The van der Waals surface area contributed by atoms with Crippen LogP contribution in [0.2, 0.25) is 6.32 Å². The van der Waals surface area contributed by atoms with Gasteiger partial charge in [-0.25, -0.2) is 0 Å². The van der Waals surface area contributed by atoms with Crippen LogP contribution >= 0.6 is 0 Å². The standard InChI is InChI=1S/2C9H7.C2H5B.2ClH.Hf/c2*1-2-5-9-7-3-6-8(9)4-1;1-2-3;;;/h2*1-7H;2H2,1H3;2*1H;/q;;;;;+2/p-2. The molecule has 0 N–H and O–H groups in total. The van der Waals surface area contributed by atoms with Crippen LogP contribution in [0.3, 0.4) is 0 Å². The van der Waals surface area contributed by atoms with Gasteiger partial charge < -0.3 is 24.8 Å². The summed E-state index contributed by atoms with van der Waals surface area (Å²) in [7, 11) is 0. The summed E-state index contributed by atoms with van der Waals surface area (Å²) < 4.78 is 4.14. The first-order valence-corrected chi connectivity index (χ1v) is 14.3. The van der Waals surface area contributed by atoms with Crippen molar-refractivity contribution in [3.8, 4) is 0 Å². The molecule has 24 heavy (non-hydrogen) atoms. The average molecular weight is 520 g/mol. The van der Waals surface area contributed by atoms with Crippen LogP contribution in [0.4, 0.5) is 0 Å². The predicted octanol–water partition coefficient (Wildman–Crippen LogP) is -0.794. The molecule has 2 aromatic rings. The zero-order chi connectivity index (χ0) is 14.9. The van der Waals surface area contributed by atoms with Gasteiger partial charge in [0.25, 0.3) is 0 Å². The van der Waals surface area contributed by atoms with E-state index in [9.17, 15) is 0 Å². The van der Waals surface area contributed by atoms with Gasteiger partial charge in [0.15, 0.2) is 0 Å². The third-order valence-electron chi connectivity index (χ3n) is 4.76. The topological polar surface area (TPSA) is 0 Å². The predicted molar refractivity (Wildman–Crippen MR) is 92.7 cm³/mol. The maximum Gasteiger partial charge on any atom is -1.00 e. The second-order valence-electron chi connectivity index (χ2n) is 6.04. The van der Waals surface area contributed by atoms with Gasteiger partial charge >= 0.3 is 141 Å². The minimum atomic E-state index is -1.99. The molecule has 0 aliphatic heterocycles. The Kier molecular flexibility index (Phi) is 7.16. The molecular formula is C20H19BCl2Hf. The SMILES string of the molecule is CC[B]=[Hf+2]([CH]1C=Cc2ccccc21)[CH]1C=Cc2ccccc21.[Cl-].[Cl-]. The zero-order valence-electron chi connectivity index (χ0n) is 13.6. The smallest absolute Gasteiger partial charge is 1.00 e. The first kappa shape index (κ1) is 19.8. The molecule has 0 saturated carbocycles. The van der Waals surface area contributed by atoms with Gasteiger partial charge in [-0.2, -0.15) is 0 Å². The molecule has 0 aromatic heterocycles. The van der Waals surface area contributed by atoms with Gasteiger partial charge in [0.05, 0.1) is 0 Å². The molecular weight excluding hydrogens is 500 g/mol. The van der Waals surface area contributed by atoms with Gasteiger partial charge in [-0.1, -0.05) is 0 Å². The van der Waals surface area contributed by atoms with Crippen molar-refractivity contribution < 1.29 is 45.5 Å². The van der Waals surface area contributed by atoms with Crippen LogP contribution in [0.1, 0.15) is 36.5 Å². The summed E-state index contributed by atoms with van der Waals surface area (Å²) in [5.41, 5.74) is 6.03. The summed E-state index contributed by atoms with van der Waals surface area (Å²) in [6.07, 6.45) is 10.9. The third kappa shape index (κ3) is 3.52. The quantitative estimate of drug-likeness (QED) is 0.467. The van der Waals surface area contributed by atoms with E-state index in [2.05, 4.69) is 84.2 Å². The molecule has 0 radical (unpaired) electrons. The van der Waals surface area contributed by atoms with Gasteiger partial charge in [0.1, 0.15) is 0 Å². The average Bonchev–Trinajstić information content (AvgIpc) is 3.17. The fraction of sp³-hybridized carbons (Fsp3) is 0.200. The molecule has 4 heteroatoms. The van der Waals surface area contributed by atoms with Crippen LogP contribution in [0.25, 0.3) is 12.2 Å².